The molecule has 5 nitrogen and oxygen atoms in total. The summed E-state index contributed by atoms with van der Waals surface area (Å²) in [5, 5.41) is 2.76. The highest BCUT2D eigenvalue weighted by molar-refractivity contribution is 5.88. The standard InChI is InChI=1S/C9H17N3O2/c1-6(2)11-8(13)3-4-12-5-7(10)9(12)14/h6-7H,3-5,10H2,1-2H3,(H,11,13). The average molecular weight is 199 g/mol. The zero-order valence-corrected chi connectivity index (χ0v) is 8.62. The van der Waals surface area contributed by atoms with Crippen molar-refractivity contribution >= 4 is 11.8 Å². The van der Waals surface area contributed by atoms with Crippen LogP contribution in [0.25, 0.3) is 0 Å². The lowest BCUT2D eigenvalue weighted by Gasteiger charge is -2.35. The number of rotatable bonds is 4. The predicted octanol–water partition coefficient (Wildman–Crippen LogP) is -0.929. The molecule has 1 fully saturated rings. The minimum absolute atomic E-state index is 0.0201. The highest BCUT2D eigenvalue weighted by atomic mass is 16.2. The number of carbonyl (C=O) groups is 2. The number of hydrogen-bond acceptors (Lipinski definition) is 3. The molecule has 2 amide bonds. The fourth-order valence-electron chi connectivity index (χ4n) is 1.36. The largest absolute Gasteiger partial charge is 0.354 e. The fourth-order valence-corrected chi connectivity index (χ4v) is 1.36. The summed E-state index contributed by atoms with van der Waals surface area (Å²) in [5.74, 6) is -0.0735. The Morgan fingerprint density at radius 2 is 2.36 bits per heavy atom. The van der Waals surface area contributed by atoms with Gasteiger partial charge in [0.05, 0.1) is 0 Å². The third kappa shape index (κ3) is 2.70. The van der Waals surface area contributed by atoms with Gasteiger partial charge in [0, 0.05) is 25.6 Å². The monoisotopic (exact) mass is 199 g/mol. The van der Waals surface area contributed by atoms with Gasteiger partial charge in [-0.1, -0.05) is 0 Å². The number of nitrogens with one attached hydrogen (secondary N) is 1. The Kier molecular flexibility index (Phi) is 3.46. The molecule has 1 unspecified atom stereocenters. The van der Waals surface area contributed by atoms with E-state index in [0.29, 0.717) is 19.5 Å². The van der Waals surface area contributed by atoms with Crippen molar-refractivity contribution < 1.29 is 9.59 Å². The molecule has 5 heteroatoms. The van der Waals surface area contributed by atoms with Gasteiger partial charge in [0.1, 0.15) is 6.04 Å². The Bertz CT molecular complexity index is 240. The van der Waals surface area contributed by atoms with Crippen molar-refractivity contribution in [2.75, 3.05) is 13.1 Å². The molecule has 0 bridgehead atoms. The smallest absolute Gasteiger partial charge is 0.241 e. The van der Waals surface area contributed by atoms with Crippen molar-refractivity contribution in [3.63, 3.8) is 0 Å². The summed E-state index contributed by atoms with van der Waals surface area (Å²) in [6.07, 6.45) is 0.358. The van der Waals surface area contributed by atoms with Crippen molar-refractivity contribution in [2.24, 2.45) is 5.73 Å². The molecule has 0 radical (unpaired) electrons. The van der Waals surface area contributed by atoms with Crippen LogP contribution in [-0.4, -0.2) is 41.9 Å². The number of nitrogens with two attached hydrogens (primary N) is 1. The zero-order chi connectivity index (χ0) is 10.7. The zero-order valence-electron chi connectivity index (χ0n) is 8.62. The van der Waals surface area contributed by atoms with E-state index in [-0.39, 0.29) is 23.9 Å². The van der Waals surface area contributed by atoms with Crippen LogP contribution >= 0.6 is 0 Å². The molecule has 1 aliphatic heterocycles. The first-order chi connectivity index (χ1) is 6.50. The molecular formula is C9H17N3O2. The van der Waals surface area contributed by atoms with Crippen LogP contribution in [0.4, 0.5) is 0 Å². The number of likely N-dealkylation sites (tertiary alicyclic amines) is 1. The molecule has 1 heterocycles. The van der Waals surface area contributed by atoms with Crippen LogP contribution in [0.1, 0.15) is 20.3 Å². The molecule has 0 aromatic carbocycles. The van der Waals surface area contributed by atoms with Crippen LogP contribution in [-0.2, 0) is 9.59 Å². The molecule has 0 aromatic heterocycles. The number of carbonyl (C=O) groups excluding carboxylic acids is 2. The van der Waals surface area contributed by atoms with E-state index in [2.05, 4.69) is 5.32 Å². The average Bonchev–Trinajstić information content (AvgIpc) is 2.10. The highest BCUT2D eigenvalue weighted by Gasteiger charge is 2.32. The molecule has 3 N–H and O–H groups in total. The Morgan fingerprint density at radius 1 is 1.71 bits per heavy atom. The van der Waals surface area contributed by atoms with Crippen molar-refractivity contribution in [3.05, 3.63) is 0 Å². The summed E-state index contributed by atoms with van der Waals surface area (Å²) < 4.78 is 0. The third-order valence-electron chi connectivity index (χ3n) is 2.10. The lowest BCUT2D eigenvalue weighted by Crippen LogP contribution is -2.61. The Hall–Kier alpha value is -1.10. The molecule has 14 heavy (non-hydrogen) atoms. The van der Waals surface area contributed by atoms with E-state index in [1.165, 1.54) is 0 Å². The van der Waals surface area contributed by atoms with Gasteiger partial charge in [-0.3, -0.25) is 9.59 Å². The van der Waals surface area contributed by atoms with Gasteiger partial charge < -0.3 is 16.0 Å². The van der Waals surface area contributed by atoms with Gasteiger partial charge in [0.25, 0.3) is 0 Å². The molecule has 0 spiro atoms. The van der Waals surface area contributed by atoms with Crippen LogP contribution in [0.5, 0.6) is 0 Å². The Labute approximate surface area is 83.6 Å². The number of β-lactam (4-membered cyclic amide) rings is 1. The molecular weight excluding hydrogens is 182 g/mol. The number of hydrogen-bond donors (Lipinski definition) is 2. The number of nitrogens with zero attached hydrogens (tertiary/aromatic N) is 1. The van der Waals surface area contributed by atoms with Gasteiger partial charge in [0.15, 0.2) is 0 Å². The molecule has 1 atom stereocenters. The maximum Gasteiger partial charge on any atom is 0.241 e. The second-order valence-electron chi connectivity index (χ2n) is 3.86. The van der Waals surface area contributed by atoms with Gasteiger partial charge in [-0.2, -0.15) is 0 Å². The summed E-state index contributed by atoms with van der Waals surface area (Å²) in [6.45, 7) is 4.87. The SMILES string of the molecule is CC(C)NC(=O)CCN1CC(N)C1=O. The molecule has 0 saturated carbocycles. The van der Waals surface area contributed by atoms with Crippen LogP contribution in [0.2, 0.25) is 0 Å². The van der Waals surface area contributed by atoms with E-state index in [9.17, 15) is 9.59 Å². The number of amides is 2. The van der Waals surface area contributed by atoms with E-state index in [0.717, 1.165) is 0 Å². The topological polar surface area (TPSA) is 75.4 Å². The highest BCUT2D eigenvalue weighted by Crippen LogP contribution is 2.07. The second kappa shape index (κ2) is 4.41. The quantitative estimate of drug-likeness (QED) is 0.574. The van der Waals surface area contributed by atoms with E-state index in [4.69, 9.17) is 5.73 Å². The van der Waals surface area contributed by atoms with Crippen LogP contribution in [0.15, 0.2) is 0 Å². The second-order valence-corrected chi connectivity index (χ2v) is 3.86. The fraction of sp³-hybridized carbons (Fsp3) is 0.778. The van der Waals surface area contributed by atoms with Gasteiger partial charge >= 0.3 is 0 Å². The van der Waals surface area contributed by atoms with E-state index >= 15 is 0 Å². The van der Waals surface area contributed by atoms with Crippen molar-refractivity contribution in [3.8, 4) is 0 Å². The molecule has 0 aliphatic carbocycles. The first-order valence-corrected chi connectivity index (χ1v) is 4.84. The van der Waals surface area contributed by atoms with E-state index < -0.39 is 0 Å². The van der Waals surface area contributed by atoms with Crippen LogP contribution < -0.4 is 11.1 Å². The van der Waals surface area contributed by atoms with Crippen molar-refractivity contribution in [1.29, 1.82) is 0 Å². The van der Waals surface area contributed by atoms with Gasteiger partial charge in [-0.25, -0.2) is 0 Å². The van der Waals surface area contributed by atoms with Gasteiger partial charge in [-0.05, 0) is 13.8 Å². The molecule has 1 rings (SSSR count). The van der Waals surface area contributed by atoms with Gasteiger partial charge in [-0.15, -0.1) is 0 Å². The molecule has 1 saturated heterocycles. The molecule has 80 valence electrons. The van der Waals surface area contributed by atoms with E-state index in [1.807, 2.05) is 13.8 Å². The summed E-state index contributed by atoms with van der Waals surface area (Å²) in [7, 11) is 0. The molecule has 1 aliphatic rings. The summed E-state index contributed by atoms with van der Waals surface area (Å²) >= 11 is 0. The maximum atomic E-state index is 11.2. The van der Waals surface area contributed by atoms with Crippen molar-refractivity contribution in [2.45, 2.75) is 32.4 Å². The maximum absolute atomic E-state index is 11.2. The summed E-state index contributed by atoms with van der Waals surface area (Å²) in [6, 6.07) is -0.194. The summed E-state index contributed by atoms with van der Waals surface area (Å²) in [4.78, 5) is 23.9. The third-order valence-corrected chi connectivity index (χ3v) is 2.10. The van der Waals surface area contributed by atoms with Crippen LogP contribution in [0, 0.1) is 0 Å². The first-order valence-electron chi connectivity index (χ1n) is 4.84. The van der Waals surface area contributed by atoms with Crippen LogP contribution in [0.3, 0.4) is 0 Å². The minimum Gasteiger partial charge on any atom is -0.354 e. The Balaban J connectivity index is 2.15. The first kappa shape index (κ1) is 11.0. The lowest BCUT2D eigenvalue weighted by molar-refractivity contribution is -0.142. The molecule has 0 aromatic rings. The summed E-state index contributed by atoms with van der Waals surface area (Å²) in [5.41, 5.74) is 5.41. The normalized spacial score (nSPS) is 21.0. The van der Waals surface area contributed by atoms with Gasteiger partial charge in [0.2, 0.25) is 11.8 Å². The predicted molar refractivity (Wildman–Crippen MR) is 52.5 cm³/mol. The van der Waals surface area contributed by atoms with E-state index in [1.54, 1.807) is 4.90 Å². The lowest BCUT2D eigenvalue weighted by atomic mass is 10.1. The van der Waals surface area contributed by atoms with Crippen molar-refractivity contribution in [1.82, 2.24) is 10.2 Å². The minimum atomic E-state index is -0.344. The Morgan fingerprint density at radius 3 is 2.79 bits per heavy atom.